The van der Waals surface area contributed by atoms with E-state index in [0.29, 0.717) is 43.3 Å². The molecule has 142 valence electrons. The van der Waals surface area contributed by atoms with E-state index in [4.69, 9.17) is 4.74 Å². The van der Waals surface area contributed by atoms with Gasteiger partial charge in [-0.05, 0) is 19.1 Å². The molecule has 0 spiro atoms. The molecule has 2 N–H and O–H groups in total. The van der Waals surface area contributed by atoms with Crippen LogP contribution in [0.25, 0.3) is 0 Å². The third-order valence-corrected chi connectivity index (χ3v) is 5.80. The van der Waals surface area contributed by atoms with Crippen molar-refractivity contribution in [2.45, 2.75) is 17.4 Å². The van der Waals surface area contributed by atoms with Crippen LogP contribution in [-0.4, -0.2) is 75.4 Å². The Morgan fingerprint density at radius 1 is 1.31 bits per heavy atom. The second-order valence-electron chi connectivity index (χ2n) is 6.57. The Morgan fingerprint density at radius 3 is 2.54 bits per heavy atom. The number of benzene rings is 1. The van der Waals surface area contributed by atoms with E-state index in [1.165, 1.54) is 20.0 Å². The maximum Gasteiger partial charge on any atom is 0.270 e. The molecule has 1 aromatic rings. The number of hydrazone groups is 1. The van der Waals surface area contributed by atoms with Crippen molar-refractivity contribution < 1.29 is 23.2 Å². The van der Waals surface area contributed by atoms with E-state index in [-0.39, 0.29) is 4.90 Å². The van der Waals surface area contributed by atoms with Gasteiger partial charge in [-0.25, -0.2) is 13.4 Å². The molecule has 0 aliphatic carbocycles. The third kappa shape index (κ3) is 3.09. The van der Waals surface area contributed by atoms with E-state index >= 15 is 0 Å². The fourth-order valence-corrected chi connectivity index (χ4v) is 4.08. The minimum absolute atomic E-state index is 0.208. The number of hydroxylamine groups is 1. The summed E-state index contributed by atoms with van der Waals surface area (Å²) in [6, 6.07) is 4.81. The molecular formula is C16H22N4O5S. The summed E-state index contributed by atoms with van der Waals surface area (Å²) in [5, 5.41) is 14.9. The van der Waals surface area contributed by atoms with Crippen molar-refractivity contribution in [3.8, 4) is 0 Å². The first-order valence-electron chi connectivity index (χ1n) is 8.14. The molecule has 2 aliphatic heterocycles. The summed E-state index contributed by atoms with van der Waals surface area (Å²) in [5.41, 5.74) is 2.06. The van der Waals surface area contributed by atoms with E-state index in [1.54, 1.807) is 12.1 Å². The SMILES string of the molecule is CN1N=C(c2ccc(S(C)(=O)=O)c(N3CCOCC3)c2)C(C)(NO)C1=O. The number of morpholine rings is 1. The van der Waals surface area contributed by atoms with Crippen LogP contribution < -0.4 is 10.4 Å². The van der Waals surface area contributed by atoms with Gasteiger partial charge in [0.1, 0.15) is 5.71 Å². The lowest BCUT2D eigenvalue weighted by Gasteiger charge is -2.31. The highest BCUT2D eigenvalue weighted by Gasteiger charge is 2.46. The summed E-state index contributed by atoms with van der Waals surface area (Å²) in [6.07, 6.45) is 1.16. The van der Waals surface area contributed by atoms with E-state index in [9.17, 15) is 18.4 Å². The topological polar surface area (TPSA) is 112 Å². The zero-order chi connectivity index (χ0) is 19.1. The largest absolute Gasteiger partial charge is 0.378 e. The zero-order valence-corrected chi connectivity index (χ0v) is 15.7. The zero-order valence-electron chi connectivity index (χ0n) is 14.9. The number of anilines is 1. The molecule has 1 saturated heterocycles. The van der Waals surface area contributed by atoms with Crippen LogP contribution in [0, 0.1) is 0 Å². The van der Waals surface area contributed by atoms with Gasteiger partial charge in [0.15, 0.2) is 15.4 Å². The van der Waals surface area contributed by atoms with Gasteiger partial charge in [-0.2, -0.15) is 10.6 Å². The number of amides is 1. The molecule has 0 bridgehead atoms. The lowest BCUT2D eigenvalue weighted by Crippen LogP contribution is -2.53. The number of nitrogens with one attached hydrogen (secondary N) is 1. The fraction of sp³-hybridized carbons (Fsp3) is 0.500. The van der Waals surface area contributed by atoms with Crippen LogP contribution in [0.2, 0.25) is 0 Å². The average molecular weight is 382 g/mol. The highest BCUT2D eigenvalue weighted by molar-refractivity contribution is 7.90. The Kier molecular flexibility index (Phi) is 4.78. The average Bonchev–Trinajstić information content (AvgIpc) is 2.86. The second kappa shape index (κ2) is 6.62. The molecule has 1 aromatic carbocycles. The lowest BCUT2D eigenvalue weighted by atomic mass is 9.91. The van der Waals surface area contributed by atoms with E-state index in [2.05, 4.69) is 5.10 Å². The lowest BCUT2D eigenvalue weighted by molar-refractivity contribution is -0.134. The molecule has 1 atom stereocenters. The van der Waals surface area contributed by atoms with Crippen LogP contribution >= 0.6 is 0 Å². The van der Waals surface area contributed by atoms with Crippen molar-refractivity contribution in [3.05, 3.63) is 23.8 Å². The molecule has 2 heterocycles. The van der Waals surface area contributed by atoms with E-state index < -0.39 is 21.3 Å². The molecule has 9 nitrogen and oxygen atoms in total. The van der Waals surface area contributed by atoms with Gasteiger partial charge in [0.2, 0.25) is 0 Å². The number of nitrogens with zero attached hydrogens (tertiary/aromatic N) is 3. The van der Waals surface area contributed by atoms with E-state index in [0.717, 1.165) is 11.3 Å². The summed E-state index contributed by atoms with van der Waals surface area (Å²) in [5.74, 6) is -0.407. The maximum atomic E-state index is 12.3. The summed E-state index contributed by atoms with van der Waals surface area (Å²) in [7, 11) is -1.94. The van der Waals surface area contributed by atoms with Gasteiger partial charge in [-0.1, -0.05) is 6.07 Å². The molecular weight excluding hydrogens is 360 g/mol. The number of ether oxygens (including phenoxy) is 1. The predicted molar refractivity (Wildman–Crippen MR) is 95.2 cm³/mol. The first-order chi connectivity index (χ1) is 12.2. The Hall–Kier alpha value is -2.01. The van der Waals surface area contributed by atoms with Crippen LogP contribution in [0.3, 0.4) is 0 Å². The monoisotopic (exact) mass is 382 g/mol. The minimum atomic E-state index is -3.44. The van der Waals surface area contributed by atoms with Crippen LogP contribution in [0.15, 0.2) is 28.2 Å². The van der Waals surface area contributed by atoms with Crippen molar-refractivity contribution in [3.63, 3.8) is 0 Å². The molecule has 1 unspecified atom stereocenters. The van der Waals surface area contributed by atoms with E-state index in [1.807, 2.05) is 10.4 Å². The number of carbonyl (C=O) groups excluding carboxylic acids is 1. The molecule has 0 aromatic heterocycles. The molecule has 1 fully saturated rings. The quantitative estimate of drug-likeness (QED) is 0.696. The molecule has 0 saturated carbocycles. The fourth-order valence-electron chi connectivity index (χ4n) is 3.20. The summed E-state index contributed by atoms with van der Waals surface area (Å²) in [4.78, 5) is 14.5. The van der Waals surface area contributed by atoms with Crippen molar-refractivity contribution >= 4 is 27.1 Å². The number of hydrogen-bond acceptors (Lipinski definition) is 8. The van der Waals surface area contributed by atoms with Gasteiger partial charge in [0, 0.05) is 32.0 Å². The molecule has 3 rings (SSSR count). The van der Waals surface area contributed by atoms with Crippen molar-refractivity contribution in [1.82, 2.24) is 10.5 Å². The number of likely N-dealkylation sites (N-methyl/N-ethyl adjacent to an activating group) is 1. The van der Waals surface area contributed by atoms with Crippen LogP contribution in [0.1, 0.15) is 12.5 Å². The Morgan fingerprint density at radius 2 is 1.96 bits per heavy atom. The van der Waals surface area contributed by atoms with Gasteiger partial charge in [0.05, 0.1) is 23.8 Å². The molecule has 2 aliphatic rings. The molecule has 26 heavy (non-hydrogen) atoms. The van der Waals surface area contributed by atoms with Gasteiger partial charge in [0.25, 0.3) is 5.91 Å². The van der Waals surface area contributed by atoms with Gasteiger partial charge < -0.3 is 14.8 Å². The van der Waals surface area contributed by atoms with Crippen molar-refractivity contribution in [2.75, 3.05) is 44.5 Å². The molecule has 0 radical (unpaired) electrons. The van der Waals surface area contributed by atoms with Crippen molar-refractivity contribution in [1.29, 1.82) is 0 Å². The summed E-state index contributed by atoms with van der Waals surface area (Å²) >= 11 is 0. The highest BCUT2D eigenvalue weighted by Crippen LogP contribution is 2.31. The first kappa shape index (κ1) is 18.8. The normalized spacial score (nSPS) is 24.2. The Labute approximate surface area is 152 Å². The molecule has 1 amide bonds. The maximum absolute atomic E-state index is 12.3. The Balaban J connectivity index is 2.13. The van der Waals surface area contributed by atoms with Crippen LogP contribution in [0.4, 0.5) is 5.69 Å². The number of hydrogen-bond donors (Lipinski definition) is 2. The van der Waals surface area contributed by atoms with Gasteiger partial charge in [-0.15, -0.1) is 0 Å². The van der Waals surface area contributed by atoms with Crippen LogP contribution in [0.5, 0.6) is 0 Å². The number of sulfone groups is 1. The smallest absolute Gasteiger partial charge is 0.270 e. The van der Waals surface area contributed by atoms with Crippen LogP contribution in [-0.2, 0) is 19.4 Å². The minimum Gasteiger partial charge on any atom is -0.378 e. The number of carbonyl (C=O) groups is 1. The first-order valence-corrected chi connectivity index (χ1v) is 10.0. The predicted octanol–water partition coefficient (Wildman–Crippen LogP) is -0.160. The van der Waals surface area contributed by atoms with Gasteiger partial charge >= 0.3 is 0 Å². The second-order valence-corrected chi connectivity index (χ2v) is 8.55. The van der Waals surface area contributed by atoms with Crippen molar-refractivity contribution in [2.24, 2.45) is 5.10 Å². The highest BCUT2D eigenvalue weighted by atomic mass is 32.2. The standard InChI is InChI=1S/C16H22N4O5S/c1-16(18-22)14(17-19(2)15(16)21)11-4-5-13(26(3,23)24)12(10-11)20-6-8-25-9-7-20/h4-5,10,18,22H,6-9H2,1-3H3. The molecule has 10 heteroatoms. The number of rotatable bonds is 4. The third-order valence-electron chi connectivity index (χ3n) is 4.65. The van der Waals surface area contributed by atoms with Gasteiger partial charge in [-0.3, -0.25) is 4.79 Å². The summed E-state index contributed by atoms with van der Waals surface area (Å²) in [6.45, 7) is 3.66. The summed E-state index contributed by atoms with van der Waals surface area (Å²) < 4.78 is 29.8. The Bertz CT molecular complexity index is 863.